The number of anilines is 1. The van der Waals surface area contributed by atoms with Gasteiger partial charge in [-0.3, -0.25) is 5.32 Å². The zero-order chi connectivity index (χ0) is 18.1. The monoisotopic (exact) mass is 422 g/mol. The molecule has 0 spiro atoms. The molecule has 1 aromatic carbocycles. The third kappa shape index (κ3) is 3.48. The van der Waals surface area contributed by atoms with Crippen molar-refractivity contribution in [1.29, 1.82) is 0 Å². The van der Waals surface area contributed by atoms with Crippen molar-refractivity contribution in [1.82, 2.24) is 15.5 Å². The number of nitrogens with zero attached hydrogens (tertiary/aromatic N) is 2. The first kappa shape index (κ1) is 18.1. The van der Waals surface area contributed by atoms with E-state index in [1.165, 1.54) is 11.3 Å². The molecule has 25 heavy (non-hydrogen) atoms. The van der Waals surface area contributed by atoms with Crippen LogP contribution in [0.15, 0.2) is 22.7 Å². The van der Waals surface area contributed by atoms with Crippen molar-refractivity contribution < 1.29 is 9.84 Å². The van der Waals surface area contributed by atoms with Crippen LogP contribution in [0.3, 0.4) is 0 Å². The van der Waals surface area contributed by atoms with E-state index in [1.54, 1.807) is 7.11 Å². The second-order valence-corrected chi connectivity index (χ2v) is 7.61. The zero-order valence-electron chi connectivity index (χ0n) is 14.1. The molecule has 0 fully saturated rings. The van der Waals surface area contributed by atoms with Gasteiger partial charge in [-0.2, -0.15) is 5.10 Å². The Balaban J connectivity index is 1.81. The van der Waals surface area contributed by atoms with Gasteiger partial charge in [0.2, 0.25) is 0 Å². The number of hydrogen-bond acceptors (Lipinski definition) is 7. The van der Waals surface area contributed by atoms with Gasteiger partial charge in [-0.05, 0) is 53.0 Å². The molecule has 6 nitrogen and oxygen atoms in total. The van der Waals surface area contributed by atoms with Crippen LogP contribution < -0.4 is 15.8 Å². The van der Waals surface area contributed by atoms with Crippen molar-refractivity contribution in [2.75, 3.05) is 12.8 Å². The van der Waals surface area contributed by atoms with Gasteiger partial charge >= 0.3 is 0 Å². The SMILES string of the molecule is COc1ccc(CNC(O)c2sc3nnc(C)c(C)c3c2N)cc1Br. The average molecular weight is 423 g/mol. The smallest absolute Gasteiger partial charge is 0.148 e. The number of aromatic nitrogens is 2. The number of thiophene rings is 1. The summed E-state index contributed by atoms with van der Waals surface area (Å²) in [5.41, 5.74) is 9.67. The zero-order valence-corrected chi connectivity index (χ0v) is 16.5. The van der Waals surface area contributed by atoms with Gasteiger partial charge in [-0.15, -0.1) is 16.4 Å². The molecule has 2 heterocycles. The number of aryl methyl sites for hydroxylation is 2. The van der Waals surface area contributed by atoms with Gasteiger partial charge in [-0.25, -0.2) is 0 Å². The van der Waals surface area contributed by atoms with Crippen LogP contribution in [-0.4, -0.2) is 22.4 Å². The van der Waals surface area contributed by atoms with Gasteiger partial charge in [-0.1, -0.05) is 6.07 Å². The van der Waals surface area contributed by atoms with Crippen LogP contribution in [0.1, 0.15) is 27.9 Å². The number of fused-ring (bicyclic) bond motifs is 1. The Bertz CT molecular complexity index is 929. The second kappa shape index (κ2) is 7.25. The summed E-state index contributed by atoms with van der Waals surface area (Å²) >= 11 is 4.82. The Morgan fingerprint density at radius 1 is 1.36 bits per heavy atom. The van der Waals surface area contributed by atoms with E-state index in [1.807, 2.05) is 32.0 Å². The molecule has 2 aromatic heterocycles. The van der Waals surface area contributed by atoms with E-state index >= 15 is 0 Å². The molecular formula is C17H19BrN4O2S. The van der Waals surface area contributed by atoms with Crippen LogP contribution in [0.2, 0.25) is 0 Å². The van der Waals surface area contributed by atoms with E-state index in [0.717, 1.165) is 37.3 Å². The number of ether oxygens (including phenoxy) is 1. The molecule has 0 saturated carbocycles. The highest BCUT2D eigenvalue weighted by atomic mass is 79.9. The maximum absolute atomic E-state index is 10.5. The maximum atomic E-state index is 10.5. The van der Waals surface area contributed by atoms with Crippen molar-refractivity contribution >= 4 is 43.2 Å². The average Bonchev–Trinajstić information content (AvgIpc) is 2.93. The fraction of sp³-hybridized carbons (Fsp3) is 0.294. The van der Waals surface area contributed by atoms with Crippen molar-refractivity contribution in [3.8, 4) is 5.75 Å². The summed E-state index contributed by atoms with van der Waals surface area (Å²) < 4.78 is 6.09. The predicted molar refractivity (Wildman–Crippen MR) is 104 cm³/mol. The normalized spacial score (nSPS) is 12.5. The Morgan fingerprint density at radius 3 is 2.80 bits per heavy atom. The molecule has 0 aliphatic carbocycles. The summed E-state index contributed by atoms with van der Waals surface area (Å²) in [5, 5.41) is 22.8. The minimum atomic E-state index is -0.875. The largest absolute Gasteiger partial charge is 0.496 e. The second-order valence-electron chi connectivity index (χ2n) is 5.72. The van der Waals surface area contributed by atoms with Gasteiger partial charge in [0.25, 0.3) is 0 Å². The molecular weight excluding hydrogens is 404 g/mol. The summed E-state index contributed by atoms with van der Waals surface area (Å²) in [6.07, 6.45) is -0.875. The first-order valence-electron chi connectivity index (χ1n) is 7.68. The van der Waals surface area contributed by atoms with Gasteiger partial charge < -0.3 is 15.6 Å². The Kier molecular flexibility index (Phi) is 5.24. The number of rotatable bonds is 5. The predicted octanol–water partition coefficient (Wildman–Crippen LogP) is 3.44. The molecule has 0 saturated heterocycles. The standard InChI is InChI=1S/C17H19BrN4O2S/c1-8-9(2)21-22-17-13(8)14(19)15(25-17)16(23)20-7-10-4-5-12(24-3)11(18)6-10/h4-6,16,20,23H,7,19H2,1-3H3. The molecule has 0 bridgehead atoms. The third-order valence-electron chi connectivity index (χ3n) is 4.13. The summed E-state index contributed by atoms with van der Waals surface area (Å²) in [4.78, 5) is 1.40. The molecule has 3 aromatic rings. The van der Waals surface area contributed by atoms with E-state index in [9.17, 15) is 5.11 Å². The first-order valence-corrected chi connectivity index (χ1v) is 9.29. The molecule has 8 heteroatoms. The summed E-state index contributed by atoms with van der Waals surface area (Å²) in [7, 11) is 1.62. The van der Waals surface area contributed by atoms with E-state index in [-0.39, 0.29) is 0 Å². The number of nitrogens with one attached hydrogen (secondary N) is 1. The highest BCUT2D eigenvalue weighted by molar-refractivity contribution is 9.10. The fourth-order valence-electron chi connectivity index (χ4n) is 2.59. The molecule has 0 radical (unpaired) electrons. The molecule has 0 aliphatic rings. The molecule has 1 atom stereocenters. The molecule has 0 aliphatic heterocycles. The van der Waals surface area contributed by atoms with Gasteiger partial charge in [0.15, 0.2) is 0 Å². The van der Waals surface area contributed by atoms with E-state index in [4.69, 9.17) is 10.5 Å². The van der Waals surface area contributed by atoms with E-state index in [2.05, 4.69) is 31.4 Å². The number of nitrogens with two attached hydrogens (primary N) is 1. The van der Waals surface area contributed by atoms with Crippen LogP contribution in [0.5, 0.6) is 5.75 Å². The molecule has 132 valence electrons. The van der Waals surface area contributed by atoms with Gasteiger partial charge in [0, 0.05) is 11.9 Å². The van der Waals surface area contributed by atoms with E-state index in [0.29, 0.717) is 17.1 Å². The summed E-state index contributed by atoms with van der Waals surface area (Å²) in [6.45, 7) is 4.35. The van der Waals surface area contributed by atoms with Crippen molar-refractivity contribution in [2.24, 2.45) is 0 Å². The number of nitrogen functional groups attached to an aromatic ring is 1. The van der Waals surface area contributed by atoms with Crippen molar-refractivity contribution in [3.05, 3.63) is 44.4 Å². The Labute approximate surface area is 158 Å². The van der Waals surface area contributed by atoms with E-state index < -0.39 is 6.23 Å². The van der Waals surface area contributed by atoms with Crippen LogP contribution >= 0.6 is 27.3 Å². The number of hydrogen-bond donors (Lipinski definition) is 3. The minimum Gasteiger partial charge on any atom is -0.496 e. The van der Waals surface area contributed by atoms with Crippen LogP contribution in [-0.2, 0) is 6.54 Å². The molecule has 0 amide bonds. The quantitative estimate of drug-likeness (QED) is 0.545. The Morgan fingerprint density at radius 2 is 2.12 bits per heavy atom. The lowest BCUT2D eigenvalue weighted by Gasteiger charge is -2.13. The van der Waals surface area contributed by atoms with Crippen molar-refractivity contribution in [2.45, 2.75) is 26.6 Å². The topological polar surface area (TPSA) is 93.3 Å². The van der Waals surface area contributed by atoms with Crippen LogP contribution in [0, 0.1) is 13.8 Å². The highest BCUT2D eigenvalue weighted by Gasteiger charge is 2.20. The lowest BCUT2D eigenvalue weighted by molar-refractivity contribution is 0.141. The fourth-order valence-corrected chi connectivity index (χ4v) is 4.24. The molecule has 4 N–H and O–H groups in total. The number of aliphatic hydroxyl groups excluding tert-OH is 1. The van der Waals surface area contributed by atoms with Crippen LogP contribution in [0.25, 0.3) is 10.2 Å². The Hall–Kier alpha value is -1.74. The van der Waals surface area contributed by atoms with Gasteiger partial charge in [0.1, 0.15) is 16.8 Å². The van der Waals surface area contributed by atoms with Crippen molar-refractivity contribution in [3.63, 3.8) is 0 Å². The number of aliphatic hydroxyl groups is 1. The maximum Gasteiger partial charge on any atom is 0.148 e. The highest BCUT2D eigenvalue weighted by Crippen LogP contribution is 2.37. The molecule has 1 unspecified atom stereocenters. The number of methoxy groups -OCH3 is 1. The summed E-state index contributed by atoms with van der Waals surface area (Å²) in [5.74, 6) is 0.766. The van der Waals surface area contributed by atoms with Gasteiger partial charge in [0.05, 0.1) is 27.8 Å². The lowest BCUT2D eigenvalue weighted by atomic mass is 10.1. The van der Waals surface area contributed by atoms with Crippen LogP contribution in [0.4, 0.5) is 5.69 Å². The summed E-state index contributed by atoms with van der Waals surface area (Å²) in [6, 6.07) is 5.77. The molecule has 3 rings (SSSR count). The minimum absolute atomic E-state index is 0.487. The number of benzene rings is 1. The third-order valence-corrected chi connectivity index (χ3v) is 5.89. The first-order chi connectivity index (χ1) is 11.9. The number of halogens is 1. The lowest BCUT2D eigenvalue weighted by Crippen LogP contribution is -2.20.